The van der Waals surface area contributed by atoms with Crippen LogP contribution in [0.2, 0.25) is 0 Å². The van der Waals surface area contributed by atoms with Crippen molar-refractivity contribution in [2.24, 2.45) is 0 Å². The third-order valence-corrected chi connectivity index (χ3v) is 6.02. The minimum absolute atomic E-state index is 0.211. The Morgan fingerprint density at radius 2 is 1.48 bits per heavy atom. The number of nitrogens with zero attached hydrogens (tertiary/aromatic N) is 1. The van der Waals surface area contributed by atoms with E-state index in [0.29, 0.717) is 24.2 Å². The Morgan fingerprint density at radius 1 is 0.903 bits per heavy atom. The Bertz CT molecular complexity index is 1130. The van der Waals surface area contributed by atoms with Crippen molar-refractivity contribution in [3.63, 3.8) is 0 Å². The zero-order valence-corrected chi connectivity index (χ0v) is 18.3. The summed E-state index contributed by atoms with van der Waals surface area (Å²) in [6.07, 6.45) is 1.75. The van der Waals surface area contributed by atoms with E-state index in [1.165, 1.54) is 16.4 Å². The van der Waals surface area contributed by atoms with Gasteiger partial charge in [0.1, 0.15) is 5.82 Å². The number of anilines is 1. The smallest absolute Gasteiger partial charge is 0.251 e. The molecule has 0 aliphatic heterocycles. The number of sulfonamides is 1. The van der Waals surface area contributed by atoms with Crippen LogP contribution in [-0.2, 0) is 23.0 Å². The van der Waals surface area contributed by atoms with Crippen molar-refractivity contribution in [2.75, 3.05) is 17.1 Å². The van der Waals surface area contributed by atoms with E-state index in [-0.39, 0.29) is 18.3 Å². The van der Waals surface area contributed by atoms with Gasteiger partial charge in [0.15, 0.2) is 0 Å². The number of benzene rings is 3. The molecule has 0 saturated carbocycles. The molecule has 0 spiro atoms. The van der Waals surface area contributed by atoms with Gasteiger partial charge in [-0.05, 0) is 60.9 Å². The summed E-state index contributed by atoms with van der Waals surface area (Å²) >= 11 is 0. The number of hydrogen-bond donors (Lipinski definition) is 1. The van der Waals surface area contributed by atoms with Gasteiger partial charge in [0, 0.05) is 12.1 Å². The van der Waals surface area contributed by atoms with Crippen LogP contribution in [0.25, 0.3) is 0 Å². The molecule has 0 aromatic heterocycles. The van der Waals surface area contributed by atoms with Crippen LogP contribution in [0.5, 0.6) is 0 Å². The molecule has 0 atom stereocenters. The fourth-order valence-electron chi connectivity index (χ4n) is 3.11. The van der Waals surface area contributed by atoms with Crippen LogP contribution in [0, 0.1) is 12.7 Å². The monoisotopic (exact) mass is 440 g/mol. The Kier molecular flexibility index (Phi) is 7.07. The molecule has 3 rings (SSSR count). The van der Waals surface area contributed by atoms with Crippen LogP contribution in [0.15, 0.2) is 72.8 Å². The molecule has 1 amide bonds. The number of carbonyl (C=O) groups is 1. The average molecular weight is 441 g/mol. The van der Waals surface area contributed by atoms with Crippen LogP contribution in [0.4, 0.5) is 10.1 Å². The number of rotatable bonds is 8. The first-order valence-electron chi connectivity index (χ1n) is 9.88. The minimum Gasteiger partial charge on any atom is -0.352 e. The van der Waals surface area contributed by atoms with Crippen molar-refractivity contribution in [3.8, 4) is 0 Å². The summed E-state index contributed by atoms with van der Waals surface area (Å²) < 4.78 is 38.9. The van der Waals surface area contributed by atoms with Gasteiger partial charge < -0.3 is 5.32 Å². The van der Waals surface area contributed by atoms with Crippen molar-refractivity contribution in [3.05, 3.63) is 101 Å². The van der Waals surface area contributed by atoms with E-state index in [4.69, 9.17) is 0 Å². The van der Waals surface area contributed by atoms with E-state index in [9.17, 15) is 17.6 Å². The predicted octanol–water partition coefficient (Wildman–Crippen LogP) is 4.07. The predicted molar refractivity (Wildman–Crippen MR) is 121 cm³/mol. The van der Waals surface area contributed by atoms with E-state index in [0.717, 1.165) is 22.9 Å². The second-order valence-corrected chi connectivity index (χ2v) is 9.34. The highest BCUT2D eigenvalue weighted by atomic mass is 32.2. The number of halogens is 1. The summed E-state index contributed by atoms with van der Waals surface area (Å²) in [5.41, 5.74) is 3.83. The molecule has 3 aromatic carbocycles. The number of hydrogen-bond acceptors (Lipinski definition) is 3. The third-order valence-electron chi connectivity index (χ3n) is 4.88. The fraction of sp³-hybridized carbons (Fsp3) is 0.208. The first kappa shape index (κ1) is 22.5. The van der Waals surface area contributed by atoms with Crippen LogP contribution in [0.3, 0.4) is 0 Å². The number of nitrogens with one attached hydrogen (secondary N) is 1. The molecule has 0 radical (unpaired) electrons. The number of amides is 1. The normalized spacial score (nSPS) is 11.2. The van der Waals surface area contributed by atoms with Crippen LogP contribution in [0.1, 0.15) is 27.0 Å². The molecule has 1 N–H and O–H groups in total. The van der Waals surface area contributed by atoms with Gasteiger partial charge in [-0.3, -0.25) is 9.10 Å². The molecule has 162 valence electrons. The standard InChI is InChI=1S/C24H25FN2O3S/c1-18-3-5-20(6-4-18)17-27(31(2,29)30)23-13-9-21(10-14-23)24(28)26-16-15-19-7-11-22(25)12-8-19/h3-14H,15-17H2,1-2H3,(H,26,28). The second kappa shape index (κ2) is 9.75. The zero-order valence-electron chi connectivity index (χ0n) is 17.5. The van der Waals surface area contributed by atoms with E-state index in [2.05, 4.69) is 5.32 Å². The Labute approximate surface area is 182 Å². The highest BCUT2D eigenvalue weighted by Gasteiger charge is 2.18. The van der Waals surface area contributed by atoms with Crippen molar-refractivity contribution >= 4 is 21.6 Å². The molecule has 0 aliphatic carbocycles. The Balaban J connectivity index is 1.65. The van der Waals surface area contributed by atoms with Gasteiger partial charge in [0.25, 0.3) is 5.91 Å². The van der Waals surface area contributed by atoms with E-state index in [1.54, 1.807) is 36.4 Å². The highest BCUT2D eigenvalue weighted by Crippen LogP contribution is 2.21. The van der Waals surface area contributed by atoms with Gasteiger partial charge in [0.2, 0.25) is 10.0 Å². The molecule has 0 aliphatic rings. The van der Waals surface area contributed by atoms with Crippen molar-refractivity contribution < 1.29 is 17.6 Å². The van der Waals surface area contributed by atoms with E-state index in [1.807, 2.05) is 31.2 Å². The SMILES string of the molecule is Cc1ccc(CN(c2ccc(C(=O)NCCc3ccc(F)cc3)cc2)S(C)(=O)=O)cc1. The van der Waals surface area contributed by atoms with Gasteiger partial charge in [-0.2, -0.15) is 0 Å². The molecule has 7 heteroatoms. The summed E-state index contributed by atoms with van der Waals surface area (Å²) in [5, 5.41) is 2.82. The molecule has 0 heterocycles. The maximum Gasteiger partial charge on any atom is 0.251 e. The first-order valence-corrected chi connectivity index (χ1v) is 11.7. The van der Waals surface area contributed by atoms with Gasteiger partial charge in [-0.15, -0.1) is 0 Å². The van der Waals surface area contributed by atoms with Gasteiger partial charge in [-0.25, -0.2) is 12.8 Å². The number of carbonyl (C=O) groups excluding carboxylic acids is 1. The zero-order chi connectivity index (χ0) is 22.4. The van der Waals surface area contributed by atoms with Crippen LogP contribution in [-0.4, -0.2) is 27.1 Å². The lowest BCUT2D eigenvalue weighted by atomic mass is 10.1. The minimum atomic E-state index is -3.50. The van der Waals surface area contributed by atoms with Crippen molar-refractivity contribution in [1.82, 2.24) is 5.32 Å². The molecule has 0 unspecified atom stereocenters. The van der Waals surface area contributed by atoms with Gasteiger partial charge >= 0.3 is 0 Å². The fourth-order valence-corrected chi connectivity index (χ4v) is 4.00. The highest BCUT2D eigenvalue weighted by molar-refractivity contribution is 7.92. The second-order valence-electron chi connectivity index (χ2n) is 7.43. The lowest BCUT2D eigenvalue weighted by Gasteiger charge is -2.23. The third kappa shape index (κ3) is 6.39. The quantitative estimate of drug-likeness (QED) is 0.574. The number of aryl methyl sites for hydroxylation is 1. The maximum absolute atomic E-state index is 12.9. The van der Waals surface area contributed by atoms with E-state index >= 15 is 0 Å². The molecule has 0 bridgehead atoms. The topological polar surface area (TPSA) is 66.5 Å². The molecule has 0 saturated heterocycles. The van der Waals surface area contributed by atoms with Crippen LogP contribution < -0.4 is 9.62 Å². The average Bonchev–Trinajstić information content (AvgIpc) is 2.74. The molecule has 3 aromatic rings. The van der Waals surface area contributed by atoms with Gasteiger partial charge in [-0.1, -0.05) is 42.0 Å². The van der Waals surface area contributed by atoms with Crippen molar-refractivity contribution in [2.45, 2.75) is 19.9 Å². The summed E-state index contributed by atoms with van der Waals surface area (Å²) in [6.45, 7) is 2.60. The Hall–Kier alpha value is -3.19. The van der Waals surface area contributed by atoms with Gasteiger partial charge in [0.05, 0.1) is 18.5 Å². The molecular weight excluding hydrogens is 415 g/mol. The van der Waals surface area contributed by atoms with Crippen molar-refractivity contribution in [1.29, 1.82) is 0 Å². The molecular formula is C24H25FN2O3S. The van der Waals surface area contributed by atoms with Crippen LogP contribution >= 0.6 is 0 Å². The molecule has 0 fully saturated rings. The summed E-state index contributed by atoms with van der Waals surface area (Å²) in [4.78, 5) is 12.4. The summed E-state index contributed by atoms with van der Waals surface area (Å²) in [5.74, 6) is -0.545. The lowest BCUT2D eigenvalue weighted by molar-refractivity contribution is 0.0954. The van der Waals surface area contributed by atoms with E-state index < -0.39 is 10.0 Å². The molecule has 31 heavy (non-hydrogen) atoms. The lowest BCUT2D eigenvalue weighted by Crippen LogP contribution is -2.29. The Morgan fingerprint density at radius 3 is 2.06 bits per heavy atom. The summed E-state index contributed by atoms with van der Waals surface area (Å²) in [6, 6.07) is 20.3. The summed E-state index contributed by atoms with van der Waals surface area (Å²) in [7, 11) is -3.50. The molecule has 5 nitrogen and oxygen atoms in total. The maximum atomic E-state index is 12.9. The first-order chi connectivity index (χ1) is 14.7. The largest absolute Gasteiger partial charge is 0.352 e.